The van der Waals surface area contributed by atoms with Gasteiger partial charge in [0.1, 0.15) is 5.75 Å². The highest BCUT2D eigenvalue weighted by molar-refractivity contribution is 5.28. The number of ether oxygens (including phenoxy) is 1. The van der Waals surface area contributed by atoms with Gasteiger partial charge in [-0.25, -0.2) is 0 Å². The summed E-state index contributed by atoms with van der Waals surface area (Å²) in [5, 5.41) is 12.6. The molecular formula is C13H19NO2. The van der Waals surface area contributed by atoms with Crippen molar-refractivity contribution in [2.24, 2.45) is 0 Å². The van der Waals surface area contributed by atoms with Gasteiger partial charge in [-0.3, -0.25) is 0 Å². The van der Waals surface area contributed by atoms with E-state index in [0.29, 0.717) is 12.6 Å². The van der Waals surface area contributed by atoms with E-state index >= 15 is 0 Å². The highest BCUT2D eigenvalue weighted by atomic mass is 16.5. The number of benzene rings is 1. The van der Waals surface area contributed by atoms with Crippen LogP contribution in [0.5, 0.6) is 5.75 Å². The quantitative estimate of drug-likeness (QED) is 0.795. The third-order valence-corrected chi connectivity index (χ3v) is 2.92. The second-order valence-corrected chi connectivity index (χ2v) is 4.28. The van der Waals surface area contributed by atoms with E-state index in [1.54, 1.807) is 0 Å². The van der Waals surface area contributed by atoms with Gasteiger partial charge in [0.2, 0.25) is 0 Å². The zero-order valence-corrected chi connectivity index (χ0v) is 9.65. The van der Waals surface area contributed by atoms with Gasteiger partial charge in [0.25, 0.3) is 0 Å². The molecule has 88 valence electrons. The van der Waals surface area contributed by atoms with Crippen molar-refractivity contribution in [3.63, 3.8) is 0 Å². The molecule has 0 amide bonds. The van der Waals surface area contributed by atoms with Crippen molar-refractivity contribution < 1.29 is 9.84 Å². The second-order valence-electron chi connectivity index (χ2n) is 4.28. The molecule has 2 N–H and O–H groups in total. The molecule has 16 heavy (non-hydrogen) atoms. The number of aliphatic hydroxyl groups excluding tert-OH is 1. The van der Waals surface area contributed by atoms with Crippen LogP contribution in [0.25, 0.3) is 0 Å². The Hall–Kier alpha value is -1.06. The van der Waals surface area contributed by atoms with Crippen molar-refractivity contribution in [2.75, 3.05) is 6.61 Å². The molecule has 0 radical (unpaired) electrons. The predicted octanol–water partition coefficient (Wildman–Crippen LogP) is 1.70. The first-order chi connectivity index (χ1) is 7.78. The first kappa shape index (κ1) is 11.4. The Balaban J connectivity index is 1.81. The molecule has 0 aliphatic heterocycles. The fraction of sp³-hybridized carbons (Fsp3) is 0.538. The lowest BCUT2D eigenvalue weighted by molar-refractivity contribution is 0.0619. The zero-order chi connectivity index (χ0) is 11.4. The molecule has 0 atom stereocenters. The monoisotopic (exact) mass is 221 g/mol. The fourth-order valence-corrected chi connectivity index (χ4v) is 1.93. The van der Waals surface area contributed by atoms with Crippen LogP contribution in [0.3, 0.4) is 0 Å². The average Bonchev–Trinajstić information content (AvgIpc) is 2.24. The van der Waals surface area contributed by atoms with Crippen LogP contribution in [0.2, 0.25) is 0 Å². The Bertz CT molecular complexity index is 334. The van der Waals surface area contributed by atoms with Crippen molar-refractivity contribution in [2.45, 2.75) is 38.5 Å². The summed E-state index contributed by atoms with van der Waals surface area (Å²) in [6.07, 6.45) is 1.67. The van der Waals surface area contributed by atoms with Gasteiger partial charge in [0.15, 0.2) is 0 Å². The summed E-state index contributed by atoms with van der Waals surface area (Å²) >= 11 is 0. The fourth-order valence-electron chi connectivity index (χ4n) is 1.93. The number of nitrogens with one attached hydrogen (secondary N) is 1. The topological polar surface area (TPSA) is 41.5 Å². The van der Waals surface area contributed by atoms with Gasteiger partial charge in [0.05, 0.1) is 12.7 Å². The molecule has 1 saturated carbocycles. The largest absolute Gasteiger partial charge is 0.494 e. The van der Waals surface area contributed by atoms with E-state index in [4.69, 9.17) is 9.84 Å². The van der Waals surface area contributed by atoms with Crippen LogP contribution in [-0.2, 0) is 6.54 Å². The van der Waals surface area contributed by atoms with Gasteiger partial charge in [0, 0.05) is 12.6 Å². The van der Waals surface area contributed by atoms with Gasteiger partial charge in [-0.15, -0.1) is 0 Å². The third kappa shape index (κ3) is 2.97. The van der Waals surface area contributed by atoms with Crippen molar-refractivity contribution in [1.82, 2.24) is 5.32 Å². The normalized spacial score (nSPS) is 23.9. The minimum atomic E-state index is -0.0905. The molecule has 1 aromatic rings. The minimum Gasteiger partial charge on any atom is -0.494 e. The standard InChI is InChI=1S/C13H19NO2/c1-2-16-13-5-3-4-10(6-13)9-14-11-7-12(15)8-11/h3-6,11-12,14-15H,2,7-9H2,1H3. The molecule has 3 nitrogen and oxygen atoms in total. The summed E-state index contributed by atoms with van der Waals surface area (Å²) in [5.74, 6) is 0.926. The molecule has 1 aliphatic carbocycles. The summed E-state index contributed by atoms with van der Waals surface area (Å²) in [7, 11) is 0. The van der Waals surface area contributed by atoms with Crippen LogP contribution in [0, 0.1) is 0 Å². The molecule has 2 rings (SSSR count). The number of rotatable bonds is 5. The van der Waals surface area contributed by atoms with Crippen LogP contribution in [0.1, 0.15) is 25.3 Å². The lowest BCUT2D eigenvalue weighted by atomic mass is 9.89. The SMILES string of the molecule is CCOc1cccc(CNC2CC(O)C2)c1. The maximum Gasteiger partial charge on any atom is 0.119 e. The zero-order valence-electron chi connectivity index (χ0n) is 9.65. The highest BCUT2D eigenvalue weighted by Gasteiger charge is 2.26. The number of aliphatic hydroxyl groups is 1. The third-order valence-electron chi connectivity index (χ3n) is 2.92. The van der Waals surface area contributed by atoms with Crippen molar-refractivity contribution in [3.8, 4) is 5.75 Å². The minimum absolute atomic E-state index is 0.0905. The Morgan fingerprint density at radius 1 is 1.44 bits per heavy atom. The molecule has 0 heterocycles. The number of hydrogen-bond acceptors (Lipinski definition) is 3. The van der Waals surface area contributed by atoms with Crippen LogP contribution in [0.4, 0.5) is 0 Å². The Morgan fingerprint density at radius 2 is 2.25 bits per heavy atom. The molecule has 0 saturated heterocycles. The lowest BCUT2D eigenvalue weighted by Crippen LogP contribution is -2.43. The molecule has 3 heteroatoms. The van der Waals surface area contributed by atoms with Crippen molar-refractivity contribution in [1.29, 1.82) is 0 Å². The van der Waals surface area contributed by atoms with Gasteiger partial charge in [-0.05, 0) is 37.5 Å². The summed E-state index contributed by atoms with van der Waals surface area (Å²) in [6.45, 7) is 3.53. The smallest absolute Gasteiger partial charge is 0.119 e. The van der Waals surface area contributed by atoms with Crippen molar-refractivity contribution in [3.05, 3.63) is 29.8 Å². The molecule has 1 aliphatic rings. The number of hydrogen-bond donors (Lipinski definition) is 2. The Kier molecular flexibility index (Phi) is 3.80. The molecule has 0 bridgehead atoms. The van der Waals surface area contributed by atoms with Gasteiger partial charge in [-0.1, -0.05) is 12.1 Å². The van der Waals surface area contributed by atoms with Crippen LogP contribution in [-0.4, -0.2) is 23.9 Å². The predicted molar refractivity (Wildman–Crippen MR) is 63.5 cm³/mol. The Labute approximate surface area is 96.4 Å². The van der Waals surface area contributed by atoms with Crippen LogP contribution in [0.15, 0.2) is 24.3 Å². The molecule has 0 unspecified atom stereocenters. The average molecular weight is 221 g/mol. The summed E-state index contributed by atoms with van der Waals surface area (Å²) in [6, 6.07) is 8.61. The maximum absolute atomic E-state index is 9.17. The van der Waals surface area contributed by atoms with Gasteiger partial charge in [-0.2, -0.15) is 0 Å². The van der Waals surface area contributed by atoms with E-state index in [2.05, 4.69) is 17.4 Å². The van der Waals surface area contributed by atoms with E-state index in [1.165, 1.54) is 5.56 Å². The van der Waals surface area contributed by atoms with Crippen LogP contribution >= 0.6 is 0 Å². The van der Waals surface area contributed by atoms with Gasteiger partial charge >= 0.3 is 0 Å². The molecular weight excluding hydrogens is 202 g/mol. The van der Waals surface area contributed by atoms with E-state index in [0.717, 1.165) is 25.1 Å². The first-order valence-corrected chi connectivity index (χ1v) is 5.91. The molecule has 0 aromatic heterocycles. The van der Waals surface area contributed by atoms with E-state index < -0.39 is 0 Å². The van der Waals surface area contributed by atoms with E-state index in [-0.39, 0.29) is 6.10 Å². The summed E-state index contributed by atoms with van der Waals surface area (Å²) in [5.41, 5.74) is 1.23. The lowest BCUT2D eigenvalue weighted by Gasteiger charge is -2.32. The Morgan fingerprint density at radius 3 is 2.94 bits per heavy atom. The van der Waals surface area contributed by atoms with Gasteiger partial charge < -0.3 is 15.2 Å². The molecule has 0 spiro atoms. The van der Waals surface area contributed by atoms with E-state index in [1.807, 2.05) is 19.1 Å². The summed E-state index contributed by atoms with van der Waals surface area (Å²) < 4.78 is 5.44. The first-order valence-electron chi connectivity index (χ1n) is 5.91. The maximum atomic E-state index is 9.17. The molecule has 1 fully saturated rings. The highest BCUT2D eigenvalue weighted by Crippen LogP contribution is 2.20. The van der Waals surface area contributed by atoms with Crippen LogP contribution < -0.4 is 10.1 Å². The van der Waals surface area contributed by atoms with Crippen molar-refractivity contribution >= 4 is 0 Å². The van der Waals surface area contributed by atoms with E-state index in [9.17, 15) is 0 Å². The second kappa shape index (κ2) is 5.32. The summed E-state index contributed by atoms with van der Waals surface area (Å²) in [4.78, 5) is 0. The molecule has 1 aromatic carbocycles.